The Bertz CT molecular complexity index is 941. The second kappa shape index (κ2) is 7.94. The Balaban J connectivity index is 1.70. The number of hydrogen-bond acceptors (Lipinski definition) is 7. The summed E-state index contributed by atoms with van der Waals surface area (Å²) in [5, 5.41) is 10.2. The molecule has 1 aromatic carbocycles. The number of carbonyl (C=O) groups excluding carboxylic acids is 1. The number of nitrogens with one attached hydrogen (secondary N) is 1. The van der Waals surface area contributed by atoms with E-state index >= 15 is 0 Å². The minimum atomic E-state index is -0.335. The minimum Gasteiger partial charge on any atom is -0.497 e. The molecule has 7 nitrogen and oxygen atoms in total. The molecule has 2 heterocycles. The third-order valence-electron chi connectivity index (χ3n) is 3.40. The number of carbonyl (C=O) groups is 1. The highest BCUT2D eigenvalue weighted by atomic mass is 35.5. The van der Waals surface area contributed by atoms with Gasteiger partial charge in [0, 0.05) is 11.6 Å². The predicted octanol–water partition coefficient (Wildman–Crippen LogP) is 4.30. The van der Waals surface area contributed by atoms with Crippen molar-refractivity contribution in [1.29, 1.82) is 0 Å². The van der Waals surface area contributed by atoms with Gasteiger partial charge in [0.25, 0.3) is 5.89 Å². The fourth-order valence-electron chi connectivity index (χ4n) is 2.20. The van der Waals surface area contributed by atoms with E-state index in [0.29, 0.717) is 31.3 Å². The van der Waals surface area contributed by atoms with Gasteiger partial charge in [-0.1, -0.05) is 34.4 Å². The number of amides is 1. The third kappa shape index (κ3) is 4.09. The van der Waals surface area contributed by atoms with Gasteiger partial charge in [0.05, 0.1) is 30.5 Å². The summed E-state index contributed by atoms with van der Waals surface area (Å²) in [6, 6.07) is 6.80. The first-order valence-corrected chi connectivity index (χ1v) is 8.87. The van der Waals surface area contributed by atoms with Crippen molar-refractivity contribution < 1.29 is 18.7 Å². The molecule has 1 amide bonds. The number of benzene rings is 1. The monoisotopic (exact) mass is 413 g/mol. The van der Waals surface area contributed by atoms with Crippen molar-refractivity contribution >= 4 is 46.5 Å². The molecule has 1 N–H and O–H groups in total. The van der Waals surface area contributed by atoms with E-state index in [2.05, 4.69) is 15.5 Å². The van der Waals surface area contributed by atoms with Crippen molar-refractivity contribution in [2.24, 2.45) is 0 Å². The lowest BCUT2D eigenvalue weighted by Crippen LogP contribution is -2.15. The van der Waals surface area contributed by atoms with Crippen LogP contribution in [0.15, 0.2) is 28.7 Å². The number of anilines is 1. The average molecular weight is 414 g/mol. The van der Waals surface area contributed by atoms with E-state index in [4.69, 9.17) is 37.1 Å². The number of thiophene rings is 1. The second-order valence-corrected chi connectivity index (χ2v) is 7.34. The highest BCUT2D eigenvalue weighted by molar-refractivity contribution is 7.20. The van der Waals surface area contributed by atoms with Crippen LogP contribution in [-0.4, -0.2) is 30.3 Å². The molecule has 26 heavy (non-hydrogen) atoms. The predicted molar refractivity (Wildman–Crippen MR) is 99.5 cm³/mol. The van der Waals surface area contributed by atoms with Crippen molar-refractivity contribution in [3.8, 4) is 23.0 Å². The number of halogens is 2. The molecule has 3 rings (SSSR count). The molecule has 10 heteroatoms. The summed E-state index contributed by atoms with van der Waals surface area (Å²) in [5.41, 5.74) is 1.21. The highest BCUT2D eigenvalue weighted by Gasteiger charge is 2.17. The first-order valence-electron chi connectivity index (χ1n) is 7.29. The molecule has 0 spiro atoms. The van der Waals surface area contributed by atoms with Crippen LogP contribution in [0.1, 0.15) is 5.56 Å². The number of aromatic nitrogens is 2. The van der Waals surface area contributed by atoms with Crippen LogP contribution in [-0.2, 0) is 11.2 Å². The Morgan fingerprint density at radius 3 is 2.69 bits per heavy atom. The quantitative estimate of drug-likeness (QED) is 0.647. The third-order valence-corrected chi connectivity index (χ3v) is 4.89. The summed E-state index contributed by atoms with van der Waals surface area (Å²) < 4.78 is 16.8. The second-order valence-electron chi connectivity index (χ2n) is 5.05. The summed E-state index contributed by atoms with van der Waals surface area (Å²) in [4.78, 5) is 12.3. The smallest absolute Gasteiger partial charge is 0.322 e. The van der Waals surface area contributed by atoms with Crippen molar-refractivity contribution in [3.05, 3.63) is 38.5 Å². The molecule has 0 radical (unpaired) electrons. The molecule has 0 aliphatic carbocycles. The van der Waals surface area contributed by atoms with Gasteiger partial charge in [-0.15, -0.1) is 16.4 Å². The molecular weight excluding hydrogens is 401 g/mol. The van der Waals surface area contributed by atoms with Gasteiger partial charge in [-0.3, -0.25) is 10.1 Å². The summed E-state index contributed by atoms with van der Waals surface area (Å²) in [5.74, 6) is 1.03. The number of rotatable bonds is 6. The van der Waals surface area contributed by atoms with E-state index in [1.54, 1.807) is 31.4 Å². The summed E-state index contributed by atoms with van der Waals surface area (Å²) in [6.45, 7) is 0. The van der Waals surface area contributed by atoms with E-state index in [-0.39, 0.29) is 24.2 Å². The van der Waals surface area contributed by atoms with E-state index < -0.39 is 0 Å². The Hall–Kier alpha value is -2.29. The van der Waals surface area contributed by atoms with E-state index in [0.717, 1.165) is 0 Å². The fourth-order valence-corrected chi connectivity index (χ4v) is 3.65. The standard InChI is InChI=1S/C16H13Cl2N3O4S/c1-23-9-4-3-8(11(6-9)24-2)5-13(22)19-16-21-20-15(25-16)10-7-12(17)26-14(10)18/h3-4,6-7H,5H2,1-2H3,(H,19,21,22). The zero-order valence-corrected chi connectivity index (χ0v) is 16.0. The van der Waals surface area contributed by atoms with Crippen molar-refractivity contribution in [2.75, 3.05) is 19.5 Å². The molecular formula is C16H13Cl2N3O4S. The van der Waals surface area contributed by atoms with Gasteiger partial charge in [0.15, 0.2) is 0 Å². The maximum Gasteiger partial charge on any atom is 0.322 e. The summed E-state index contributed by atoms with van der Waals surface area (Å²) in [7, 11) is 3.08. The van der Waals surface area contributed by atoms with Gasteiger partial charge in [0.1, 0.15) is 15.8 Å². The number of hydrogen-bond donors (Lipinski definition) is 1. The normalized spacial score (nSPS) is 10.6. The van der Waals surface area contributed by atoms with Crippen LogP contribution < -0.4 is 14.8 Å². The Kier molecular flexibility index (Phi) is 5.65. The Morgan fingerprint density at radius 2 is 2.04 bits per heavy atom. The van der Waals surface area contributed by atoms with E-state index in [9.17, 15) is 4.79 Å². The first kappa shape index (κ1) is 18.5. The van der Waals surface area contributed by atoms with Gasteiger partial charge < -0.3 is 13.9 Å². The molecule has 0 saturated heterocycles. The lowest BCUT2D eigenvalue weighted by Gasteiger charge is -2.09. The Morgan fingerprint density at radius 1 is 1.23 bits per heavy atom. The van der Waals surface area contributed by atoms with Crippen LogP contribution in [0.5, 0.6) is 11.5 Å². The molecule has 3 aromatic rings. The molecule has 0 aliphatic rings. The highest BCUT2D eigenvalue weighted by Crippen LogP contribution is 2.37. The summed E-state index contributed by atoms with van der Waals surface area (Å²) in [6.07, 6.45) is 0.0654. The molecule has 0 saturated carbocycles. The van der Waals surface area contributed by atoms with E-state index in [1.807, 2.05) is 0 Å². The summed E-state index contributed by atoms with van der Waals surface area (Å²) >= 11 is 13.1. The van der Waals surface area contributed by atoms with Crippen LogP contribution in [0.4, 0.5) is 6.01 Å². The fraction of sp³-hybridized carbons (Fsp3) is 0.188. The lowest BCUT2D eigenvalue weighted by atomic mass is 10.1. The minimum absolute atomic E-state index is 0.0316. The lowest BCUT2D eigenvalue weighted by molar-refractivity contribution is -0.115. The Labute approximate surface area is 162 Å². The molecule has 2 aromatic heterocycles. The van der Waals surface area contributed by atoms with Gasteiger partial charge in [0.2, 0.25) is 5.91 Å². The van der Waals surface area contributed by atoms with Crippen LogP contribution in [0.3, 0.4) is 0 Å². The first-order chi connectivity index (χ1) is 12.5. The average Bonchev–Trinajstić information content (AvgIpc) is 3.20. The van der Waals surface area contributed by atoms with Gasteiger partial charge in [-0.2, -0.15) is 0 Å². The van der Waals surface area contributed by atoms with Crippen LogP contribution >= 0.6 is 34.5 Å². The SMILES string of the molecule is COc1ccc(CC(=O)Nc2nnc(-c3cc(Cl)sc3Cl)o2)c(OC)c1. The van der Waals surface area contributed by atoms with Crippen molar-refractivity contribution in [1.82, 2.24) is 10.2 Å². The topological polar surface area (TPSA) is 86.5 Å². The molecule has 0 bridgehead atoms. The molecule has 0 aliphatic heterocycles. The van der Waals surface area contributed by atoms with Crippen LogP contribution in [0.2, 0.25) is 8.67 Å². The molecule has 0 unspecified atom stereocenters. The largest absolute Gasteiger partial charge is 0.497 e. The van der Waals surface area contributed by atoms with Crippen molar-refractivity contribution in [2.45, 2.75) is 6.42 Å². The van der Waals surface area contributed by atoms with E-state index in [1.165, 1.54) is 18.4 Å². The molecule has 0 fully saturated rings. The van der Waals surface area contributed by atoms with Crippen molar-refractivity contribution in [3.63, 3.8) is 0 Å². The number of methoxy groups -OCH3 is 2. The van der Waals surface area contributed by atoms with Gasteiger partial charge >= 0.3 is 6.01 Å². The van der Waals surface area contributed by atoms with Gasteiger partial charge in [-0.05, 0) is 12.1 Å². The molecule has 136 valence electrons. The number of nitrogens with zero attached hydrogens (tertiary/aromatic N) is 2. The maximum atomic E-state index is 12.3. The molecule has 0 atom stereocenters. The number of ether oxygens (including phenoxy) is 2. The van der Waals surface area contributed by atoms with Crippen LogP contribution in [0, 0.1) is 0 Å². The zero-order valence-electron chi connectivity index (χ0n) is 13.7. The van der Waals surface area contributed by atoms with Crippen LogP contribution in [0.25, 0.3) is 11.5 Å². The maximum absolute atomic E-state index is 12.3. The zero-order chi connectivity index (χ0) is 18.7. The van der Waals surface area contributed by atoms with Gasteiger partial charge in [-0.25, -0.2) is 0 Å².